The molecule has 0 fully saturated rings. The molecule has 0 bridgehead atoms. The number of hydrogen-bond acceptors (Lipinski definition) is 2. The fourth-order valence-electron chi connectivity index (χ4n) is 0.514. The highest BCUT2D eigenvalue weighted by molar-refractivity contribution is 5.79. The molecule has 0 aromatic rings. The smallest absolute Gasteiger partial charge is 0.220 e. The SMILES string of the molecule is CC(CCC(=N)N)C(N)=O. The summed E-state index contributed by atoms with van der Waals surface area (Å²) in [6.07, 6.45) is 1.02. The van der Waals surface area contributed by atoms with E-state index in [0.717, 1.165) is 0 Å². The van der Waals surface area contributed by atoms with Crippen LogP contribution in [0.2, 0.25) is 0 Å². The maximum Gasteiger partial charge on any atom is 0.220 e. The summed E-state index contributed by atoms with van der Waals surface area (Å²) in [7, 11) is 0. The lowest BCUT2D eigenvalue weighted by molar-refractivity contribution is -0.121. The minimum absolute atomic E-state index is 0.105. The third-order valence-corrected chi connectivity index (χ3v) is 1.33. The van der Waals surface area contributed by atoms with E-state index < -0.39 is 0 Å². The number of carbonyl (C=O) groups is 1. The number of nitrogens with two attached hydrogens (primary N) is 2. The molecule has 0 aliphatic heterocycles. The zero-order valence-corrected chi connectivity index (χ0v) is 6.05. The summed E-state index contributed by atoms with van der Waals surface area (Å²) in [4.78, 5) is 10.4. The molecule has 4 nitrogen and oxygen atoms in total. The van der Waals surface area contributed by atoms with Gasteiger partial charge < -0.3 is 11.5 Å². The van der Waals surface area contributed by atoms with Crippen LogP contribution in [0.15, 0.2) is 0 Å². The van der Waals surface area contributed by atoms with Crippen LogP contribution in [0.5, 0.6) is 0 Å². The third-order valence-electron chi connectivity index (χ3n) is 1.33. The molecule has 58 valence electrons. The van der Waals surface area contributed by atoms with Gasteiger partial charge >= 0.3 is 0 Å². The summed E-state index contributed by atoms with van der Waals surface area (Å²) in [6.45, 7) is 1.73. The average Bonchev–Trinajstić information content (AvgIpc) is 1.82. The summed E-state index contributed by atoms with van der Waals surface area (Å²) >= 11 is 0. The Labute approximate surface area is 60.1 Å². The lowest BCUT2D eigenvalue weighted by Crippen LogP contribution is -2.22. The largest absolute Gasteiger partial charge is 0.388 e. The fraction of sp³-hybridized carbons (Fsp3) is 0.667. The maximum absolute atomic E-state index is 10.4. The Kier molecular flexibility index (Phi) is 3.46. The Balaban J connectivity index is 3.49. The molecule has 0 aliphatic rings. The Morgan fingerprint density at radius 3 is 2.40 bits per heavy atom. The van der Waals surface area contributed by atoms with Crippen LogP contribution in [0, 0.1) is 11.3 Å². The number of nitrogens with one attached hydrogen (secondary N) is 1. The van der Waals surface area contributed by atoms with Crippen LogP contribution in [0.25, 0.3) is 0 Å². The Morgan fingerprint density at radius 1 is 1.60 bits per heavy atom. The van der Waals surface area contributed by atoms with Gasteiger partial charge in [0, 0.05) is 12.3 Å². The van der Waals surface area contributed by atoms with Gasteiger partial charge in [0.15, 0.2) is 0 Å². The predicted octanol–water partition coefficient (Wildman–Crippen LogP) is -0.176. The van der Waals surface area contributed by atoms with Gasteiger partial charge in [-0.05, 0) is 6.42 Å². The molecule has 0 rings (SSSR count). The van der Waals surface area contributed by atoms with Crippen LogP contribution < -0.4 is 11.5 Å². The molecule has 0 heterocycles. The van der Waals surface area contributed by atoms with Gasteiger partial charge in [0.05, 0.1) is 5.84 Å². The second-order valence-corrected chi connectivity index (χ2v) is 2.37. The third kappa shape index (κ3) is 3.88. The number of amidine groups is 1. The van der Waals surface area contributed by atoms with Gasteiger partial charge in [-0.3, -0.25) is 10.2 Å². The molecule has 0 saturated carbocycles. The van der Waals surface area contributed by atoms with Gasteiger partial charge in [-0.25, -0.2) is 0 Å². The van der Waals surface area contributed by atoms with E-state index in [4.69, 9.17) is 16.9 Å². The van der Waals surface area contributed by atoms with Gasteiger partial charge in [-0.15, -0.1) is 0 Å². The van der Waals surface area contributed by atoms with E-state index >= 15 is 0 Å². The van der Waals surface area contributed by atoms with Crippen molar-refractivity contribution < 1.29 is 4.79 Å². The van der Waals surface area contributed by atoms with Crippen molar-refractivity contribution in [2.24, 2.45) is 17.4 Å². The Morgan fingerprint density at radius 2 is 2.10 bits per heavy atom. The Hall–Kier alpha value is -1.06. The number of hydrogen-bond donors (Lipinski definition) is 3. The van der Waals surface area contributed by atoms with Crippen molar-refractivity contribution in [3.63, 3.8) is 0 Å². The minimum Gasteiger partial charge on any atom is -0.388 e. The van der Waals surface area contributed by atoms with Crippen molar-refractivity contribution in [1.29, 1.82) is 5.41 Å². The molecule has 0 aromatic heterocycles. The van der Waals surface area contributed by atoms with E-state index in [2.05, 4.69) is 0 Å². The normalized spacial score (nSPS) is 12.5. The number of rotatable bonds is 4. The van der Waals surface area contributed by atoms with Crippen molar-refractivity contribution >= 4 is 11.7 Å². The van der Waals surface area contributed by atoms with Crippen LogP contribution in [0.4, 0.5) is 0 Å². The molecule has 1 amide bonds. The highest BCUT2D eigenvalue weighted by Gasteiger charge is 2.07. The summed E-state index contributed by atoms with van der Waals surface area (Å²) in [6, 6.07) is 0. The molecule has 0 saturated heterocycles. The molecule has 10 heavy (non-hydrogen) atoms. The van der Waals surface area contributed by atoms with Crippen molar-refractivity contribution in [3.05, 3.63) is 0 Å². The molecule has 0 spiro atoms. The second-order valence-electron chi connectivity index (χ2n) is 2.37. The highest BCUT2D eigenvalue weighted by atomic mass is 16.1. The number of carbonyl (C=O) groups excluding carboxylic acids is 1. The van der Waals surface area contributed by atoms with Crippen molar-refractivity contribution in [2.75, 3.05) is 0 Å². The van der Waals surface area contributed by atoms with Gasteiger partial charge in [-0.2, -0.15) is 0 Å². The van der Waals surface area contributed by atoms with Crippen LogP contribution in [-0.2, 0) is 4.79 Å². The second kappa shape index (κ2) is 3.87. The van der Waals surface area contributed by atoms with E-state index in [9.17, 15) is 4.79 Å². The van der Waals surface area contributed by atoms with Crippen LogP contribution in [-0.4, -0.2) is 11.7 Å². The quantitative estimate of drug-likeness (QED) is 0.376. The molecule has 0 radical (unpaired) electrons. The van der Waals surface area contributed by atoms with E-state index in [1.807, 2.05) is 0 Å². The van der Waals surface area contributed by atoms with Crippen LogP contribution in [0.1, 0.15) is 19.8 Å². The first kappa shape index (κ1) is 8.94. The Bertz CT molecular complexity index is 144. The van der Waals surface area contributed by atoms with Gasteiger partial charge in [-0.1, -0.05) is 6.92 Å². The minimum atomic E-state index is -0.332. The molecule has 0 aromatic carbocycles. The lowest BCUT2D eigenvalue weighted by Gasteiger charge is -2.04. The van der Waals surface area contributed by atoms with Crippen LogP contribution in [0.3, 0.4) is 0 Å². The van der Waals surface area contributed by atoms with Crippen molar-refractivity contribution in [3.8, 4) is 0 Å². The average molecular weight is 143 g/mol. The molecule has 1 atom stereocenters. The summed E-state index contributed by atoms with van der Waals surface area (Å²) in [5.74, 6) is -0.404. The van der Waals surface area contributed by atoms with Crippen molar-refractivity contribution in [1.82, 2.24) is 0 Å². The fourth-order valence-corrected chi connectivity index (χ4v) is 0.514. The zero-order chi connectivity index (χ0) is 8.15. The summed E-state index contributed by atoms with van der Waals surface area (Å²) in [5, 5.41) is 6.85. The van der Waals surface area contributed by atoms with Crippen LogP contribution >= 0.6 is 0 Å². The van der Waals surface area contributed by atoms with E-state index in [1.54, 1.807) is 6.92 Å². The monoisotopic (exact) mass is 143 g/mol. The van der Waals surface area contributed by atoms with Gasteiger partial charge in [0.2, 0.25) is 5.91 Å². The molecular weight excluding hydrogens is 130 g/mol. The summed E-state index contributed by atoms with van der Waals surface area (Å²) < 4.78 is 0. The molecule has 0 aliphatic carbocycles. The van der Waals surface area contributed by atoms with Crippen molar-refractivity contribution in [2.45, 2.75) is 19.8 Å². The number of amides is 1. The molecule has 5 N–H and O–H groups in total. The standard InChI is InChI=1S/C6H13N3O/c1-4(6(9)10)2-3-5(7)8/h4H,2-3H2,1H3,(H3,7,8)(H2,9,10). The molecular formula is C6H13N3O. The maximum atomic E-state index is 10.4. The van der Waals surface area contributed by atoms with Gasteiger partial charge in [0.25, 0.3) is 0 Å². The first-order valence-electron chi connectivity index (χ1n) is 3.16. The first-order valence-corrected chi connectivity index (χ1v) is 3.16. The highest BCUT2D eigenvalue weighted by Crippen LogP contribution is 2.02. The molecule has 4 heteroatoms. The van der Waals surface area contributed by atoms with E-state index in [0.29, 0.717) is 12.8 Å². The van der Waals surface area contributed by atoms with E-state index in [1.165, 1.54) is 0 Å². The predicted molar refractivity (Wildman–Crippen MR) is 39.5 cm³/mol. The summed E-state index contributed by atoms with van der Waals surface area (Å²) in [5.41, 5.74) is 10.0. The zero-order valence-electron chi connectivity index (χ0n) is 6.05. The first-order chi connectivity index (χ1) is 4.54. The lowest BCUT2D eigenvalue weighted by atomic mass is 10.1. The topological polar surface area (TPSA) is 93.0 Å². The number of primary amides is 1. The van der Waals surface area contributed by atoms with E-state index in [-0.39, 0.29) is 17.7 Å². The van der Waals surface area contributed by atoms with Gasteiger partial charge in [0.1, 0.15) is 0 Å². The molecule has 1 unspecified atom stereocenters.